The van der Waals surface area contributed by atoms with E-state index in [1.165, 1.54) is 0 Å². The maximum Gasteiger partial charge on any atom is 0.308 e. The second kappa shape index (κ2) is 3.29. The van der Waals surface area contributed by atoms with E-state index in [-0.39, 0.29) is 11.9 Å². The fraction of sp³-hybridized carbons (Fsp3) is 0.900. The van der Waals surface area contributed by atoms with Crippen LogP contribution in [0.3, 0.4) is 0 Å². The van der Waals surface area contributed by atoms with Crippen LogP contribution in [-0.2, 0) is 9.53 Å². The van der Waals surface area contributed by atoms with Gasteiger partial charge < -0.3 is 10.1 Å². The van der Waals surface area contributed by atoms with Gasteiger partial charge in [-0.2, -0.15) is 0 Å². The summed E-state index contributed by atoms with van der Waals surface area (Å²) >= 11 is 0. The summed E-state index contributed by atoms with van der Waals surface area (Å²) in [5, 5.41) is 3.33. The van der Waals surface area contributed by atoms with Crippen LogP contribution in [0.5, 0.6) is 0 Å². The largest absolute Gasteiger partial charge is 0.466 e. The quantitative estimate of drug-likeness (QED) is 0.653. The van der Waals surface area contributed by atoms with E-state index in [2.05, 4.69) is 5.32 Å². The minimum absolute atomic E-state index is 0.0121. The van der Waals surface area contributed by atoms with Gasteiger partial charge in [0.2, 0.25) is 0 Å². The number of piperidine rings is 1. The summed E-state index contributed by atoms with van der Waals surface area (Å²) in [5.41, 5.74) is 0. The first kappa shape index (κ1) is 9.00. The lowest BCUT2D eigenvalue weighted by atomic mass is 10.0. The van der Waals surface area contributed by atoms with E-state index >= 15 is 0 Å². The van der Waals surface area contributed by atoms with Crippen LogP contribution in [0.2, 0.25) is 0 Å². The predicted octanol–water partition coefficient (Wildman–Crippen LogP) is 0.651. The van der Waals surface area contributed by atoms with Crippen molar-refractivity contribution in [1.29, 1.82) is 0 Å². The Kier molecular flexibility index (Phi) is 2.28. The molecule has 74 valence electrons. The van der Waals surface area contributed by atoms with Crippen molar-refractivity contribution in [3.05, 3.63) is 0 Å². The maximum absolute atomic E-state index is 11.4. The zero-order valence-corrected chi connectivity index (χ0v) is 8.25. The third kappa shape index (κ3) is 1.46. The average molecular weight is 183 g/mol. The van der Waals surface area contributed by atoms with E-state index < -0.39 is 0 Å². The monoisotopic (exact) mass is 183 g/mol. The number of nitrogens with one attached hydrogen (secondary N) is 1. The Morgan fingerprint density at radius 2 is 2.15 bits per heavy atom. The van der Waals surface area contributed by atoms with Crippen molar-refractivity contribution >= 4 is 5.97 Å². The summed E-state index contributed by atoms with van der Waals surface area (Å²) in [4.78, 5) is 11.4. The summed E-state index contributed by atoms with van der Waals surface area (Å²) in [6, 6.07) is 0. The highest BCUT2D eigenvalue weighted by atomic mass is 16.5. The lowest BCUT2D eigenvalue weighted by molar-refractivity contribution is -0.148. The molecule has 0 radical (unpaired) electrons. The first-order valence-electron chi connectivity index (χ1n) is 5.13. The van der Waals surface area contributed by atoms with Crippen molar-refractivity contribution < 1.29 is 9.53 Å². The molecule has 4 atom stereocenters. The molecule has 1 saturated carbocycles. The summed E-state index contributed by atoms with van der Waals surface area (Å²) in [6.45, 7) is 6.56. The molecule has 0 amide bonds. The van der Waals surface area contributed by atoms with Crippen molar-refractivity contribution in [1.82, 2.24) is 5.32 Å². The van der Waals surface area contributed by atoms with Gasteiger partial charge in [0.1, 0.15) is 0 Å². The van der Waals surface area contributed by atoms with Crippen molar-refractivity contribution in [2.75, 3.05) is 19.7 Å². The fourth-order valence-corrected chi connectivity index (χ4v) is 2.64. The lowest BCUT2D eigenvalue weighted by Crippen LogP contribution is -2.23. The molecule has 2 fully saturated rings. The number of carbonyl (C=O) groups is 1. The van der Waals surface area contributed by atoms with Gasteiger partial charge in [0, 0.05) is 0 Å². The molecule has 1 heterocycles. The molecule has 13 heavy (non-hydrogen) atoms. The molecule has 1 unspecified atom stereocenters. The Labute approximate surface area is 78.8 Å². The zero-order chi connectivity index (χ0) is 9.42. The summed E-state index contributed by atoms with van der Waals surface area (Å²) in [6.07, 6.45) is 0. The third-order valence-corrected chi connectivity index (χ3v) is 3.39. The van der Waals surface area contributed by atoms with E-state index in [4.69, 9.17) is 4.74 Å². The molecule has 1 saturated heterocycles. The molecule has 0 spiro atoms. The van der Waals surface area contributed by atoms with Gasteiger partial charge in [0.15, 0.2) is 0 Å². The third-order valence-electron chi connectivity index (χ3n) is 3.39. The number of ether oxygens (including phenoxy) is 1. The van der Waals surface area contributed by atoms with Crippen molar-refractivity contribution in [2.45, 2.75) is 13.8 Å². The first-order chi connectivity index (χ1) is 6.25. The van der Waals surface area contributed by atoms with E-state index in [1.807, 2.05) is 13.8 Å². The maximum atomic E-state index is 11.4. The average Bonchev–Trinajstić information content (AvgIpc) is 2.58. The summed E-state index contributed by atoms with van der Waals surface area (Å²) < 4.78 is 5.01. The first-order valence-corrected chi connectivity index (χ1v) is 5.13. The van der Waals surface area contributed by atoms with Gasteiger partial charge >= 0.3 is 5.97 Å². The van der Waals surface area contributed by atoms with Crippen LogP contribution >= 0.6 is 0 Å². The fourth-order valence-electron chi connectivity index (χ4n) is 2.64. The number of hydrogen-bond acceptors (Lipinski definition) is 3. The number of fused-ring (bicyclic) bond motifs is 1. The molecule has 3 nitrogen and oxygen atoms in total. The Hall–Kier alpha value is -0.570. The van der Waals surface area contributed by atoms with Crippen LogP contribution in [0, 0.1) is 23.7 Å². The Bertz CT molecular complexity index is 207. The van der Waals surface area contributed by atoms with Crippen LogP contribution in [0.1, 0.15) is 13.8 Å². The zero-order valence-electron chi connectivity index (χ0n) is 8.25. The standard InChI is InChI=1S/C10H17NO2/c1-3-13-10(12)6(2)9-7-4-11-5-8(7)9/h6-9,11H,3-5H2,1-2H3/t6-,7-,8+,9?/m1/s1. The topological polar surface area (TPSA) is 38.3 Å². The smallest absolute Gasteiger partial charge is 0.308 e. The molecule has 0 aromatic carbocycles. The molecule has 1 aliphatic heterocycles. The Balaban J connectivity index is 1.85. The van der Waals surface area contributed by atoms with Crippen molar-refractivity contribution in [3.63, 3.8) is 0 Å². The van der Waals surface area contributed by atoms with E-state index in [1.54, 1.807) is 0 Å². The van der Waals surface area contributed by atoms with E-state index in [0.717, 1.165) is 24.9 Å². The number of hydrogen-bond donors (Lipinski definition) is 1. The Morgan fingerprint density at radius 3 is 2.69 bits per heavy atom. The van der Waals surface area contributed by atoms with Gasteiger partial charge in [-0.1, -0.05) is 6.92 Å². The highest BCUT2D eigenvalue weighted by molar-refractivity contribution is 5.73. The molecule has 1 aliphatic carbocycles. The highest BCUT2D eigenvalue weighted by Crippen LogP contribution is 2.53. The number of esters is 1. The van der Waals surface area contributed by atoms with Gasteiger partial charge in [0.25, 0.3) is 0 Å². The molecule has 0 aromatic rings. The minimum Gasteiger partial charge on any atom is -0.466 e. The van der Waals surface area contributed by atoms with Crippen LogP contribution < -0.4 is 5.32 Å². The van der Waals surface area contributed by atoms with Crippen LogP contribution in [-0.4, -0.2) is 25.7 Å². The van der Waals surface area contributed by atoms with Gasteiger partial charge in [-0.05, 0) is 37.8 Å². The van der Waals surface area contributed by atoms with Gasteiger partial charge in [-0.25, -0.2) is 0 Å². The molecule has 2 rings (SSSR count). The molecule has 2 aliphatic rings. The molecule has 1 N–H and O–H groups in total. The summed E-state index contributed by atoms with van der Waals surface area (Å²) in [7, 11) is 0. The van der Waals surface area contributed by atoms with E-state index in [9.17, 15) is 4.79 Å². The predicted molar refractivity (Wildman–Crippen MR) is 49.1 cm³/mol. The SMILES string of the molecule is CCOC(=O)[C@H](C)C1[C@H]2CNC[C@@H]12. The van der Waals surface area contributed by atoms with Gasteiger partial charge in [-0.3, -0.25) is 4.79 Å². The minimum atomic E-state index is -0.0121. The van der Waals surface area contributed by atoms with Crippen LogP contribution in [0.25, 0.3) is 0 Å². The highest BCUT2D eigenvalue weighted by Gasteiger charge is 2.56. The van der Waals surface area contributed by atoms with Crippen LogP contribution in [0.15, 0.2) is 0 Å². The molecule has 3 heteroatoms. The normalized spacial score (nSPS) is 38.2. The lowest BCUT2D eigenvalue weighted by Gasteiger charge is -2.12. The van der Waals surface area contributed by atoms with Gasteiger partial charge in [0.05, 0.1) is 12.5 Å². The van der Waals surface area contributed by atoms with Gasteiger partial charge in [-0.15, -0.1) is 0 Å². The van der Waals surface area contributed by atoms with Crippen molar-refractivity contribution in [3.8, 4) is 0 Å². The summed E-state index contributed by atoms with van der Waals surface area (Å²) in [5.74, 6) is 2.19. The molecular weight excluding hydrogens is 166 g/mol. The second-order valence-corrected chi connectivity index (χ2v) is 4.10. The molecule has 0 bridgehead atoms. The number of rotatable bonds is 3. The molecular formula is C10H17NO2. The number of carbonyl (C=O) groups excluding carboxylic acids is 1. The molecule has 0 aromatic heterocycles. The Morgan fingerprint density at radius 1 is 1.54 bits per heavy atom. The van der Waals surface area contributed by atoms with Crippen LogP contribution in [0.4, 0.5) is 0 Å². The van der Waals surface area contributed by atoms with E-state index in [0.29, 0.717) is 12.5 Å². The second-order valence-electron chi connectivity index (χ2n) is 4.10. The van der Waals surface area contributed by atoms with Crippen molar-refractivity contribution in [2.24, 2.45) is 23.7 Å².